The summed E-state index contributed by atoms with van der Waals surface area (Å²) in [6.45, 7) is 7.00. The summed E-state index contributed by atoms with van der Waals surface area (Å²) in [5.74, 6) is 0. The van der Waals surface area contributed by atoms with Crippen molar-refractivity contribution in [1.29, 1.82) is 0 Å². The summed E-state index contributed by atoms with van der Waals surface area (Å²) in [6, 6.07) is 72.5. The molecular weight excluding hydrogens is 741 g/mol. The normalized spacial score (nSPS) is 12.5. The third kappa shape index (κ3) is 6.55. The van der Waals surface area contributed by atoms with Crippen LogP contribution in [0.15, 0.2) is 200 Å². The van der Waals surface area contributed by atoms with Gasteiger partial charge in [-0.3, -0.25) is 0 Å². The van der Waals surface area contributed by atoms with Crippen LogP contribution in [-0.4, -0.2) is 0 Å². The Morgan fingerprint density at radius 3 is 1.10 bits per heavy atom. The molecule has 2 aromatic heterocycles. The first-order valence-electron chi connectivity index (χ1n) is 19.8. The predicted molar refractivity (Wildman–Crippen MR) is 250 cm³/mol. The summed E-state index contributed by atoms with van der Waals surface area (Å²) in [5, 5.41) is 0. The molecule has 2 nitrogen and oxygen atoms in total. The second-order valence-corrected chi connectivity index (χ2v) is 17.8. The number of hydrogen-bond acceptors (Lipinski definition) is 4. The summed E-state index contributed by atoms with van der Waals surface area (Å²) < 4.78 is 0. The number of fused-ring (bicyclic) bond motifs is 3. The summed E-state index contributed by atoms with van der Waals surface area (Å²) in [4.78, 5) is 10.2. The predicted octanol–water partition coefficient (Wildman–Crippen LogP) is 16.4. The minimum Gasteiger partial charge on any atom is -0.311 e. The highest BCUT2D eigenvalue weighted by Crippen LogP contribution is 2.57. The van der Waals surface area contributed by atoms with E-state index in [9.17, 15) is 0 Å². The molecule has 0 aliphatic heterocycles. The number of anilines is 6. The molecule has 280 valence electrons. The van der Waals surface area contributed by atoms with E-state index in [0.29, 0.717) is 0 Å². The summed E-state index contributed by atoms with van der Waals surface area (Å²) >= 11 is 3.87. The highest BCUT2D eigenvalue weighted by atomic mass is 32.1. The lowest BCUT2D eigenvalue weighted by atomic mass is 9.83. The average molecular weight is 783 g/mol. The van der Waals surface area contributed by atoms with Crippen LogP contribution < -0.4 is 9.80 Å². The maximum Gasteiger partial charge on any atom is 0.0493 e. The molecule has 0 bridgehead atoms. The average Bonchev–Trinajstić information content (AvgIpc) is 3.95. The first-order valence-corrected chi connectivity index (χ1v) is 21.5. The molecule has 0 saturated heterocycles. The van der Waals surface area contributed by atoms with Gasteiger partial charge < -0.3 is 9.80 Å². The second-order valence-electron chi connectivity index (χ2n) is 15.5. The van der Waals surface area contributed by atoms with Crippen LogP contribution in [0.5, 0.6) is 0 Å². The molecule has 9 aromatic rings. The van der Waals surface area contributed by atoms with Crippen LogP contribution in [0, 0.1) is 6.92 Å². The van der Waals surface area contributed by atoms with Gasteiger partial charge in [0.05, 0.1) is 0 Å². The molecule has 7 aromatic carbocycles. The molecule has 0 radical (unpaired) electrons. The van der Waals surface area contributed by atoms with E-state index in [2.05, 4.69) is 231 Å². The minimum atomic E-state index is -0.0109. The van der Waals surface area contributed by atoms with Crippen LogP contribution in [-0.2, 0) is 5.41 Å². The van der Waals surface area contributed by atoms with Gasteiger partial charge in [0.1, 0.15) is 0 Å². The van der Waals surface area contributed by atoms with Crippen molar-refractivity contribution in [3.8, 4) is 42.4 Å². The lowest BCUT2D eigenvalue weighted by molar-refractivity contribution is 0.663. The molecule has 0 fully saturated rings. The molecular formula is C54H42N2S2. The number of hydrogen-bond donors (Lipinski definition) is 0. The van der Waals surface area contributed by atoms with Crippen LogP contribution in [0.3, 0.4) is 0 Å². The second kappa shape index (κ2) is 14.8. The Morgan fingerprint density at radius 2 is 0.690 bits per heavy atom. The SMILES string of the molecule is Cc1cc2c(s1)-c1sc(-c3cc(-c4ccc(N(c5ccccc5)c5ccccc5)cc4)cc(-c4ccc(N(c5ccccc5)c5ccccc5)cc4)c3)cc1C2(C)C. The van der Waals surface area contributed by atoms with E-state index < -0.39 is 0 Å². The molecule has 0 N–H and O–H groups in total. The Hall–Kier alpha value is -6.46. The third-order valence-corrected chi connectivity index (χ3v) is 13.7. The standard InChI is InChI=1S/C54H42N2S2/c1-37-32-49-52(57-37)53-50(54(49,2)3)36-51(58-53)42-34-40(38-24-28-47(29-25-38)55(43-16-8-4-9-17-43)44-18-10-5-11-19-44)33-41(35-42)39-26-30-48(31-27-39)56(45-20-12-6-13-21-45)46-22-14-7-15-23-46/h4-36H,1-3H3. The highest BCUT2D eigenvalue weighted by Gasteiger charge is 2.39. The Kier molecular flexibility index (Phi) is 9.17. The Balaban J connectivity index is 1.07. The molecule has 58 heavy (non-hydrogen) atoms. The van der Waals surface area contributed by atoms with Gasteiger partial charge in [0.25, 0.3) is 0 Å². The van der Waals surface area contributed by atoms with E-state index in [1.54, 1.807) is 0 Å². The van der Waals surface area contributed by atoms with Crippen LogP contribution in [0.4, 0.5) is 34.1 Å². The first kappa shape index (κ1) is 35.9. The largest absolute Gasteiger partial charge is 0.311 e. The Bertz CT molecular complexity index is 2620. The van der Waals surface area contributed by atoms with Crippen molar-refractivity contribution in [2.45, 2.75) is 26.2 Å². The van der Waals surface area contributed by atoms with E-state index in [1.807, 2.05) is 22.7 Å². The van der Waals surface area contributed by atoms with Gasteiger partial charge in [0.15, 0.2) is 0 Å². The van der Waals surface area contributed by atoms with Crippen molar-refractivity contribution in [3.63, 3.8) is 0 Å². The molecule has 0 saturated carbocycles. The van der Waals surface area contributed by atoms with E-state index in [1.165, 1.54) is 58.5 Å². The van der Waals surface area contributed by atoms with Crippen molar-refractivity contribution in [2.75, 3.05) is 9.80 Å². The van der Waals surface area contributed by atoms with Crippen molar-refractivity contribution < 1.29 is 0 Å². The van der Waals surface area contributed by atoms with Crippen LogP contribution in [0.1, 0.15) is 29.9 Å². The zero-order valence-corrected chi connectivity index (χ0v) is 34.4. The van der Waals surface area contributed by atoms with Crippen LogP contribution >= 0.6 is 22.7 Å². The molecule has 0 spiro atoms. The van der Waals surface area contributed by atoms with E-state index in [4.69, 9.17) is 0 Å². The van der Waals surface area contributed by atoms with Gasteiger partial charge in [-0.05, 0) is 149 Å². The van der Waals surface area contributed by atoms with Gasteiger partial charge in [0, 0.05) is 59.0 Å². The molecule has 0 atom stereocenters. The zero-order valence-electron chi connectivity index (χ0n) is 32.8. The smallest absolute Gasteiger partial charge is 0.0493 e. The lowest BCUT2D eigenvalue weighted by Gasteiger charge is -2.25. The lowest BCUT2D eigenvalue weighted by Crippen LogP contribution is -2.13. The maximum atomic E-state index is 2.46. The fourth-order valence-electron chi connectivity index (χ4n) is 8.37. The fourth-order valence-corrected chi connectivity index (χ4v) is 11.0. The van der Waals surface area contributed by atoms with Crippen molar-refractivity contribution in [3.05, 3.63) is 216 Å². The Morgan fingerprint density at radius 1 is 0.345 bits per heavy atom. The first-order chi connectivity index (χ1) is 28.4. The van der Waals surface area contributed by atoms with Gasteiger partial charge in [-0.25, -0.2) is 0 Å². The highest BCUT2D eigenvalue weighted by molar-refractivity contribution is 7.24. The van der Waals surface area contributed by atoms with E-state index >= 15 is 0 Å². The summed E-state index contributed by atoms with van der Waals surface area (Å²) in [6.07, 6.45) is 0. The van der Waals surface area contributed by atoms with Gasteiger partial charge in [-0.15, -0.1) is 22.7 Å². The molecule has 1 aliphatic rings. The molecule has 0 unspecified atom stereocenters. The van der Waals surface area contributed by atoms with Gasteiger partial charge >= 0.3 is 0 Å². The minimum absolute atomic E-state index is 0.0109. The number of rotatable bonds is 9. The quantitative estimate of drug-likeness (QED) is 0.144. The number of thiophene rings is 2. The number of para-hydroxylation sites is 4. The molecule has 4 heteroatoms. The maximum absolute atomic E-state index is 2.46. The van der Waals surface area contributed by atoms with Gasteiger partial charge in [0.2, 0.25) is 0 Å². The summed E-state index contributed by atoms with van der Waals surface area (Å²) in [7, 11) is 0. The van der Waals surface area contributed by atoms with E-state index in [-0.39, 0.29) is 5.41 Å². The van der Waals surface area contributed by atoms with Crippen molar-refractivity contribution in [2.24, 2.45) is 0 Å². The number of aryl methyl sites for hydroxylation is 1. The molecule has 10 rings (SSSR count). The fraction of sp³-hybridized carbons (Fsp3) is 0.0741. The van der Waals surface area contributed by atoms with Crippen LogP contribution in [0.2, 0.25) is 0 Å². The van der Waals surface area contributed by atoms with E-state index in [0.717, 1.165) is 34.1 Å². The molecule has 1 aliphatic carbocycles. The Labute approximate surface area is 349 Å². The van der Waals surface area contributed by atoms with Gasteiger partial charge in [-0.2, -0.15) is 0 Å². The number of benzene rings is 7. The third-order valence-electron chi connectivity index (χ3n) is 11.3. The molecule has 2 heterocycles. The topological polar surface area (TPSA) is 6.48 Å². The van der Waals surface area contributed by atoms with Crippen molar-refractivity contribution in [1.82, 2.24) is 0 Å². The number of nitrogens with zero attached hydrogens (tertiary/aromatic N) is 2. The summed E-state index contributed by atoms with van der Waals surface area (Å²) in [5.41, 5.74) is 15.7. The molecule has 0 amide bonds. The zero-order chi connectivity index (χ0) is 39.2. The van der Waals surface area contributed by atoms with Crippen molar-refractivity contribution >= 4 is 56.8 Å². The van der Waals surface area contributed by atoms with Gasteiger partial charge in [-0.1, -0.05) is 111 Å². The van der Waals surface area contributed by atoms with Crippen LogP contribution in [0.25, 0.3) is 42.4 Å². The monoisotopic (exact) mass is 782 g/mol.